The van der Waals surface area contributed by atoms with Crippen molar-refractivity contribution >= 4 is 29.1 Å². The van der Waals surface area contributed by atoms with E-state index in [1.807, 2.05) is 45.0 Å². The quantitative estimate of drug-likeness (QED) is 0.568. The number of aryl methyl sites for hydroxylation is 1. The van der Waals surface area contributed by atoms with Crippen LogP contribution in [0.25, 0.3) is 5.57 Å². The highest BCUT2D eigenvalue weighted by Crippen LogP contribution is 2.37. The summed E-state index contributed by atoms with van der Waals surface area (Å²) >= 11 is 1.46. The molecule has 0 aliphatic carbocycles. The molecule has 5 heteroatoms. The van der Waals surface area contributed by atoms with Crippen LogP contribution >= 0.6 is 11.8 Å². The minimum atomic E-state index is -0.196. The fourth-order valence-electron chi connectivity index (χ4n) is 2.44. The number of imide groups is 1. The van der Waals surface area contributed by atoms with Crippen LogP contribution in [0.5, 0.6) is 0 Å². The molecule has 1 aromatic carbocycles. The highest BCUT2D eigenvalue weighted by molar-refractivity contribution is 8.04. The van der Waals surface area contributed by atoms with E-state index >= 15 is 0 Å². The number of benzene rings is 1. The van der Waals surface area contributed by atoms with Gasteiger partial charge in [0.1, 0.15) is 0 Å². The second kappa shape index (κ2) is 7.79. The molecule has 1 aliphatic rings. The van der Waals surface area contributed by atoms with E-state index in [0.29, 0.717) is 30.1 Å². The molecular weight excluding hydrogens is 310 g/mol. The second-order valence-corrected chi connectivity index (χ2v) is 7.43. The van der Waals surface area contributed by atoms with Crippen LogP contribution in [0.2, 0.25) is 0 Å². The van der Waals surface area contributed by atoms with Crippen molar-refractivity contribution in [3.05, 3.63) is 40.3 Å². The predicted octanol–water partition coefficient (Wildman–Crippen LogP) is 3.25. The highest BCUT2D eigenvalue weighted by atomic mass is 32.2. The third-order valence-corrected chi connectivity index (χ3v) is 4.64. The third-order valence-electron chi connectivity index (χ3n) is 3.55. The summed E-state index contributed by atoms with van der Waals surface area (Å²) in [4.78, 5) is 27.4. The van der Waals surface area contributed by atoms with E-state index in [2.05, 4.69) is 0 Å². The Morgan fingerprint density at radius 2 is 1.78 bits per heavy atom. The molecule has 1 heterocycles. The van der Waals surface area contributed by atoms with Gasteiger partial charge in [0.25, 0.3) is 11.8 Å². The summed E-state index contributed by atoms with van der Waals surface area (Å²) in [5, 5.41) is 0.237. The normalized spacial score (nSPS) is 15.3. The van der Waals surface area contributed by atoms with Crippen molar-refractivity contribution in [2.75, 3.05) is 20.3 Å². The number of methoxy groups -OCH3 is 1. The summed E-state index contributed by atoms with van der Waals surface area (Å²) in [5.74, 6) is -0.376. The molecule has 0 aromatic heterocycles. The predicted molar refractivity (Wildman–Crippen MR) is 94.0 cm³/mol. The average Bonchev–Trinajstić information content (AvgIpc) is 2.72. The van der Waals surface area contributed by atoms with Crippen LogP contribution < -0.4 is 0 Å². The summed E-state index contributed by atoms with van der Waals surface area (Å²) in [6, 6.07) is 7.75. The van der Waals surface area contributed by atoms with Crippen LogP contribution in [-0.2, 0) is 14.3 Å². The Labute approximate surface area is 141 Å². The molecular formula is C18H23NO3S. The average molecular weight is 333 g/mol. The Morgan fingerprint density at radius 1 is 1.13 bits per heavy atom. The molecule has 2 rings (SSSR count). The Bertz CT molecular complexity index is 620. The van der Waals surface area contributed by atoms with E-state index in [4.69, 9.17) is 4.74 Å². The Kier molecular flexibility index (Phi) is 6.02. The van der Waals surface area contributed by atoms with E-state index in [9.17, 15) is 9.59 Å². The van der Waals surface area contributed by atoms with Gasteiger partial charge in [-0.15, -0.1) is 11.8 Å². The van der Waals surface area contributed by atoms with Gasteiger partial charge in [-0.3, -0.25) is 14.5 Å². The van der Waals surface area contributed by atoms with Gasteiger partial charge in [-0.1, -0.05) is 43.7 Å². The fourth-order valence-corrected chi connectivity index (χ4v) is 3.45. The minimum absolute atomic E-state index is 0.180. The molecule has 0 spiro atoms. The highest BCUT2D eigenvalue weighted by Gasteiger charge is 2.39. The smallest absolute Gasteiger partial charge is 0.267 e. The lowest BCUT2D eigenvalue weighted by atomic mass is 10.0. The minimum Gasteiger partial charge on any atom is -0.385 e. The van der Waals surface area contributed by atoms with Gasteiger partial charge in [0.2, 0.25) is 0 Å². The first-order valence-corrected chi connectivity index (χ1v) is 8.66. The van der Waals surface area contributed by atoms with Crippen molar-refractivity contribution < 1.29 is 14.3 Å². The summed E-state index contributed by atoms with van der Waals surface area (Å²) < 4.78 is 5.02. The number of ether oxygens (including phenoxy) is 1. The van der Waals surface area contributed by atoms with Crippen LogP contribution in [0, 0.1) is 6.92 Å². The maximum Gasteiger partial charge on any atom is 0.267 e. The summed E-state index contributed by atoms with van der Waals surface area (Å²) in [7, 11) is 1.61. The lowest BCUT2D eigenvalue weighted by Crippen LogP contribution is -2.33. The van der Waals surface area contributed by atoms with Crippen molar-refractivity contribution in [2.24, 2.45) is 0 Å². The first kappa shape index (κ1) is 17.8. The molecule has 0 saturated carbocycles. The van der Waals surface area contributed by atoms with Crippen LogP contribution in [0.1, 0.15) is 31.4 Å². The van der Waals surface area contributed by atoms with Crippen molar-refractivity contribution in [1.29, 1.82) is 0 Å². The molecule has 0 N–H and O–H groups in total. The SMILES string of the molecule is COCCCN1C(=O)C(SC(C)C)=C(c2ccc(C)cc2)C1=O. The van der Waals surface area contributed by atoms with Gasteiger partial charge in [-0.2, -0.15) is 0 Å². The number of carbonyl (C=O) groups excluding carboxylic acids is 2. The maximum absolute atomic E-state index is 12.8. The largest absolute Gasteiger partial charge is 0.385 e. The Morgan fingerprint density at radius 3 is 2.35 bits per heavy atom. The zero-order valence-electron chi connectivity index (χ0n) is 14.1. The van der Waals surface area contributed by atoms with Gasteiger partial charge < -0.3 is 4.74 Å². The van der Waals surface area contributed by atoms with Gasteiger partial charge in [-0.25, -0.2) is 0 Å². The van der Waals surface area contributed by atoms with Gasteiger partial charge >= 0.3 is 0 Å². The zero-order valence-corrected chi connectivity index (χ0v) is 14.9. The molecule has 0 bridgehead atoms. The van der Waals surface area contributed by atoms with Crippen LogP contribution in [0.15, 0.2) is 29.2 Å². The number of hydrogen-bond acceptors (Lipinski definition) is 4. The summed E-state index contributed by atoms with van der Waals surface area (Å²) in [6.07, 6.45) is 0.648. The molecule has 0 atom stereocenters. The third kappa shape index (κ3) is 4.03. The Hall–Kier alpha value is -1.59. The van der Waals surface area contributed by atoms with Crippen LogP contribution in [0.4, 0.5) is 0 Å². The molecule has 1 aromatic rings. The number of hydrogen-bond donors (Lipinski definition) is 0. The van der Waals surface area contributed by atoms with Crippen molar-refractivity contribution in [3.63, 3.8) is 0 Å². The lowest BCUT2D eigenvalue weighted by Gasteiger charge is -2.14. The molecule has 0 saturated heterocycles. The van der Waals surface area contributed by atoms with Gasteiger partial charge in [-0.05, 0) is 18.9 Å². The molecule has 0 fully saturated rings. The van der Waals surface area contributed by atoms with E-state index in [1.165, 1.54) is 16.7 Å². The standard InChI is InChI=1S/C18H23NO3S/c1-12(2)23-16-15(14-8-6-13(3)7-9-14)17(20)19(18(16)21)10-5-11-22-4/h6-9,12H,5,10-11H2,1-4H3. The molecule has 124 valence electrons. The first-order chi connectivity index (χ1) is 11.0. The molecule has 4 nitrogen and oxygen atoms in total. The van der Waals surface area contributed by atoms with E-state index in [-0.39, 0.29) is 17.1 Å². The first-order valence-electron chi connectivity index (χ1n) is 7.78. The number of nitrogens with zero attached hydrogens (tertiary/aromatic N) is 1. The maximum atomic E-state index is 12.8. The van der Waals surface area contributed by atoms with E-state index < -0.39 is 0 Å². The van der Waals surface area contributed by atoms with Crippen LogP contribution in [-0.4, -0.2) is 42.2 Å². The molecule has 0 radical (unpaired) electrons. The summed E-state index contributed by atoms with van der Waals surface area (Å²) in [5.41, 5.74) is 2.47. The number of carbonyl (C=O) groups is 2. The zero-order chi connectivity index (χ0) is 17.0. The summed E-state index contributed by atoms with van der Waals surface area (Å²) in [6.45, 7) is 6.97. The molecule has 0 unspecified atom stereocenters. The number of thioether (sulfide) groups is 1. The topological polar surface area (TPSA) is 46.6 Å². The van der Waals surface area contributed by atoms with Gasteiger partial charge in [0.05, 0.1) is 10.5 Å². The van der Waals surface area contributed by atoms with Crippen molar-refractivity contribution in [2.45, 2.75) is 32.4 Å². The van der Waals surface area contributed by atoms with Crippen molar-refractivity contribution in [3.8, 4) is 0 Å². The molecule has 23 heavy (non-hydrogen) atoms. The van der Waals surface area contributed by atoms with Crippen LogP contribution in [0.3, 0.4) is 0 Å². The number of rotatable bonds is 7. The lowest BCUT2D eigenvalue weighted by molar-refractivity contribution is -0.136. The monoisotopic (exact) mass is 333 g/mol. The second-order valence-electron chi connectivity index (χ2n) is 5.85. The van der Waals surface area contributed by atoms with Crippen molar-refractivity contribution in [1.82, 2.24) is 4.90 Å². The molecule has 2 amide bonds. The fraction of sp³-hybridized carbons (Fsp3) is 0.444. The van der Waals surface area contributed by atoms with Gasteiger partial charge in [0.15, 0.2) is 0 Å². The number of amides is 2. The molecule has 1 aliphatic heterocycles. The van der Waals surface area contributed by atoms with E-state index in [1.54, 1.807) is 7.11 Å². The Balaban J connectivity index is 2.35. The van der Waals surface area contributed by atoms with E-state index in [0.717, 1.165) is 11.1 Å². The van der Waals surface area contributed by atoms with Gasteiger partial charge in [0, 0.05) is 25.5 Å².